The number of nitrogens with zero attached hydrogens (tertiary/aromatic N) is 5. The molecule has 4 rings (SSSR count). The largest absolute Gasteiger partial charge is 0.465 e. The number of hydrogen-bond donors (Lipinski definition) is 0. The van der Waals surface area contributed by atoms with Crippen LogP contribution in [0.3, 0.4) is 0 Å². The molecule has 1 amide bonds. The number of amides is 1. The van der Waals surface area contributed by atoms with Crippen LogP contribution in [0.2, 0.25) is 0 Å². The summed E-state index contributed by atoms with van der Waals surface area (Å²) in [6.07, 6.45) is 4.66. The topological polar surface area (TPSA) is 80.6 Å². The Morgan fingerprint density at radius 1 is 0.931 bits per heavy atom. The lowest BCUT2D eigenvalue weighted by Gasteiger charge is -2.34. The second kappa shape index (κ2) is 8.73. The monoisotopic (exact) mass is 397 g/mol. The van der Waals surface area contributed by atoms with Gasteiger partial charge in [0.15, 0.2) is 0 Å². The molecular weight excluding hydrogens is 370 g/mol. The molecule has 0 radical (unpaired) electrons. The number of rotatable bonds is 4. The standard InChI is InChI=1S/C21H27N5O3/c1-29-21(28)17-8-6-16(7-9-17)20(27)25-13-11-24(12-14-25)15-19-23-22-18-5-3-2-4-10-26(18)19/h6-9H,2-5,10-15H2,1H3. The fourth-order valence-corrected chi connectivity index (χ4v) is 4.02. The molecular formula is C21H27N5O3. The molecule has 0 aliphatic carbocycles. The lowest BCUT2D eigenvalue weighted by Crippen LogP contribution is -2.48. The van der Waals surface area contributed by atoms with Gasteiger partial charge in [-0.3, -0.25) is 9.69 Å². The summed E-state index contributed by atoms with van der Waals surface area (Å²) in [6, 6.07) is 6.64. The van der Waals surface area contributed by atoms with Gasteiger partial charge in [0.2, 0.25) is 0 Å². The number of hydrogen-bond acceptors (Lipinski definition) is 6. The summed E-state index contributed by atoms with van der Waals surface area (Å²) >= 11 is 0. The van der Waals surface area contributed by atoms with Gasteiger partial charge in [0.25, 0.3) is 5.91 Å². The molecule has 2 aliphatic heterocycles. The molecule has 0 unspecified atom stereocenters. The Kier molecular flexibility index (Phi) is 5.89. The van der Waals surface area contributed by atoms with Gasteiger partial charge in [0, 0.05) is 44.7 Å². The van der Waals surface area contributed by atoms with Gasteiger partial charge in [-0.1, -0.05) is 6.42 Å². The molecule has 1 saturated heterocycles. The van der Waals surface area contributed by atoms with E-state index in [0.717, 1.165) is 44.2 Å². The van der Waals surface area contributed by atoms with Crippen molar-refractivity contribution >= 4 is 11.9 Å². The lowest BCUT2D eigenvalue weighted by molar-refractivity contribution is 0.0595. The molecule has 8 heteroatoms. The molecule has 1 aromatic heterocycles. The molecule has 1 fully saturated rings. The quantitative estimate of drug-likeness (QED) is 0.732. The number of esters is 1. The van der Waals surface area contributed by atoms with E-state index in [-0.39, 0.29) is 5.91 Å². The zero-order valence-electron chi connectivity index (χ0n) is 16.8. The van der Waals surface area contributed by atoms with Crippen molar-refractivity contribution < 1.29 is 14.3 Å². The van der Waals surface area contributed by atoms with Crippen LogP contribution in [-0.2, 0) is 24.2 Å². The van der Waals surface area contributed by atoms with Gasteiger partial charge < -0.3 is 14.2 Å². The zero-order valence-corrected chi connectivity index (χ0v) is 16.8. The van der Waals surface area contributed by atoms with E-state index >= 15 is 0 Å². The molecule has 3 heterocycles. The van der Waals surface area contributed by atoms with Crippen molar-refractivity contribution in [3.05, 3.63) is 47.0 Å². The minimum Gasteiger partial charge on any atom is -0.465 e. The van der Waals surface area contributed by atoms with Crippen molar-refractivity contribution in [1.29, 1.82) is 0 Å². The van der Waals surface area contributed by atoms with E-state index in [1.165, 1.54) is 26.4 Å². The van der Waals surface area contributed by atoms with Crippen molar-refractivity contribution in [2.45, 2.75) is 38.8 Å². The van der Waals surface area contributed by atoms with Crippen LogP contribution in [0.15, 0.2) is 24.3 Å². The molecule has 0 spiro atoms. The van der Waals surface area contributed by atoms with Crippen LogP contribution in [0, 0.1) is 0 Å². The first-order valence-corrected chi connectivity index (χ1v) is 10.3. The van der Waals surface area contributed by atoms with E-state index in [1.807, 2.05) is 4.90 Å². The summed E-state index contributed by atoms with van der Waals surface area (Å²) in [4.78, 5) is 28.5. The van der Waals surface area contributed by atoms with Crippen LogP contribution in [0.25, 0.3) is 0 Å². The Morgan fingerprint density at radius 2 is 1.66 bits per heavy atom. The van der Waals surface area contributed by atoms with Crippen LogP contribution in [0.1, 0.15) is 51.6 Å². The first kappa shape index (κ1) is 19.6. The molecule has 0 atom stereocenters. The van der Waals surface area contributed by atoms with Gasteiger partial charge in [-0.15, -0.1) is 10.2 Å². The first-order chi connectivity index (χ1) is 14.2. The van der Waals surface area contributed by atoms with E-state index < -0.39 is 5.97 Å². The molecule has 8 nitrogen and oxygen atoms in total. The normalized spacial score (nSPS) is 17.5. The molecule has 2 aliphatic rings. The van der Waals surface area contributed by atoms with Crippen molar-refractivity contribution in [3.63, 3.8) is 0 Å². The number of aryl methyl sites for hydroxylation is 1. The predicted octanol–water partition coefficient (Wildman–Crippen LogP) is 1.75. The van der Waals surface area contributed by atoms with Crippen LogP contribution < -0.4 is 0 Å². The molecule has 154 valence electrons. The van der Waals surface area contributed by atoms with Crippen molar-refractivity contribution in [2.75, 3.05) is 33.3 Å². The van der Waals surface area contributed by atoms with Gasteiger partial charge in [0.05, 0.1) is 19.2 Å². The Morgan fingerprint density at radius 3 is 2.38 bits per heavy atom. The number of aromatic nitrogens is 3. The average molecular weight is 397 g/mol. The summed E-state index contributed by atoms with van der Waals surface area (Å²) in [7, 11) is 1.35. The molecule has 0 bridgehead atoms. The van der Waals surface area contributed by atoms with Gasteiger partial charge in [-0.25, -0.2) is 4.79 Å². The highest BCUT2D eigenvalue weighted by molar-refractivity contribution is 5.96. The van der Waals surface area contributed by atoms with Gasteiger partial charge in [0.1, 0.15) is 11.6 Å². The third-order valence-corrected chi connectivity index (χ3v) is 5.76. The maximum Gasteiger partial charge on any atom is 0.337 e. The van der Waals surface area contributed by atoms with E-state index in [1.54, 1.807) is 24.3 Å². The molecule has 29 heavy (non-hydrogen) atoms. The second-order valence-electron chi connectivity index (χ2n) is 7.63. The summed E-state index contributed by atoms with van der Waals surface area (Å²) < 4.78 is 6.98. The SMILES string of the molecule is COC(=O)c1ccc(C(=O)N2CCN(Cc3nnc4n3CCCCC4)CC2)cc1. The van der Waals surface area contributed by atoms with Crippen LogP contribution in [0.4, 0.5) is 0 Å². The summed E-state index contributed by atoms with van der Waals surface area (Å²) in [5, 5.41) is 8.80. The highest BCUT2D eigenvalue weighted by Gasteiger charge is 2.24. The number of carbonyl (C=O) groups is 2. The van der Waals surface area contributed by atoms with Gasteiger partial charge in [-0.2, -0.15) is 0 Å². The van der Waals surface area contributed by atoms with Crippen LogP contribution in [0.5, 0.6) is 0 Å². The fraction of sp³-hybridized carbons (Fsp3) is 0.524. The minimum atomic E-state index is -0.399. The molecule has 1 aromatic carbocycles. The van der Waals surface area contributed by atoms with Gasteiger partial charge >= 0.3 is 5.97 Å². The van der Waals surface area contributed by atoms with E-state index in [0.29, 0.717) is 24.2 Å². The average Bonchev–Trinajstić information content (AvgIpc) is 2.98. The van der Waals surface area contributed by atoms with Crippen molar-refractivity contribution in [2.24, 2.45) is 0 Å². The lowest BCUT2D eigenvalue weighted by atomic mass is 10.1. The number of benzene rings is 1. The maximum atomic E-state index is 12.8. The Balaban J connectivity index is 1.33. The minimum absolute atomic E-state index is 0.00240. The second-order valence-corrected chi connectivity index (χ2v) is 7.63. The highest BCUT2D eigenvalue weighted by atomic mass is 16.5. The summed E-state index contributed by atoms with van der Waals surface area (Å²) in [5.74, 6) is 1.75. The van der Waals surface area contributed by atoms with Crippen molar-refractivity contribution in [3.8, 4) is 0 Å². The smallest absolute Gasteiger partial charge is 0.337 e. The Labute approximate surface area is 170 Å². The highest BCUT2D eigenvalue weighted by Crippen LogP contribution is 2.17. The number of ether oxygens (including phenoxy) is 1. The fourth-order valence-electron chi connectivity index (χ4n) is 4.02. The molecule has 0 saturated carbocycles. The third kappa shape index (κ3) is 4.32. The Bertz CT molecular complexity index is 869. The van der Waals surface area contributed by atoms with Gasteiger partial charge in [-0.05, 0) is 37.1 Å². The maximum absolute atomic E-state index is 12.8. The predicted molar refractivity (Wildman–Crippen MR) is 107 cm³/mol. The molecule has 2 aromatic rings. The zero-order chi connectivity index (χ0) is 20.2. The van der Waals surface area contributed by atoms with E-state index in [9.17, 15) is 9.59 Å². The van der Waals surface area contributed by atoms with E-state index in [2.05, 4.69) is 19.7 Å². The molecule has 0 N–H and O–H groups in total. The summed E-state index contributed by atoms with van der Waals surface area (Å²) in [6.45, 7) is 4.78. The first-order valence-electron chi connectivity index (χ1n) is 10.3. The van der Waals surface area contributed by atoms with Crippen LogP contribution >= 0.6 is 0 Å². The number of methoxy groups -OCH3 is 1. The van der Waals surface area contributed by atoms with E-state index in [4.69, 9.17) is 4.74 Å². The van der Waals surface area contributed by atoms with Crippen LogP contribution in [-0.4, -0.2) is 69.7 Å². The number of carbonyl (C=O) groups excluding carboxylic acids is 2. The number of fused-ring (bicyclic) bond motifs is 1. The van der Waals surface area contributed by atoms with Crippen molar-refractivity contribution in [1.82, 2.24) is 24.6 Å². The Hall–Kier alpha value is -2.74. The third-order valence-electron chi connectivity index (χ3n) is 5.76. The number of piperazine rings is 1. The summed E-state index contributed by atoms with van der Waals surface area (Å²) in [5.41, 5.74) is 1.04.